The number of halogens is 4. The zero-order chi connectivity index (χ0) is 20.1. The Balaban J connectivity index is 2.86. The summed E-state index contributed by atoms with van der Waals surface area (Å²) < 4.78 is 55.9. The highest BCUT2D eigenvalue weighted by Crippen LogP contribution is 2.25. The van der Waals surface area contributed by atoms with Crippen molar-refractivity contribution in [2.45, 2.75) is 51.8 Å². The summed E-state index contributed by atoms with van der Waals surface area (Å²) >= 11 is 0. The van der Waals surface area contributed by atoms with Crippen molar-refractivity contribution >= 4 is 17.7 Å². The highest BCUT2D eigenvalue weighted by molar-refractivity contribution is 5.86. The highest BCUT2D eigenvalue weighted by atomic mass is 19.4. The summed E-state index contributed by atoms with van der Waals surface area (Å²) in [5.74, 6) is -2.62. The van der Waals surface area contributed by atoms with Crippen LogP contribution in [0.15, 0.2) is 18.2 Å². The molecule has 0 aliphatic rings. The molecule has 0 aliphatic heterocycles. The summed E-state index contributed by atoms with van der Waals surface area (Å²) in [6, 6.07) is 3.61. The van der Waals surface area contributed by atoms with Gasteiger partial charge >= 0.3 is 12.3 Å². The molecule has 0 saturated heterocycles. The van der Waals surface area contributed by atoms with Crippen LogP contribution in [-0.4, -0.2) is 30.3 Å². The molecule has 0 saturated carbocycles. The van der Waals surface area contributed by atoms with Crippen LogP contribution in [0.3, 0.4) is 0 Å². The molecule has 0 aliphatic carbocycles. The summed E-state index contributed by atoms with van der Waals surface area (Å²) in [6.45, 7) is 5.10. The maximum atomic E-state index is 14.2. The lowest BCUT2D eigenvalue weighted by Gasteiger charge is -2.20. The Morgan fingerprint density at radius 1 is 1.19 bits per heavy atom. The number of hydrogen-bond acceptors (Lipinski definition) is 3. The van der Waals surface area contributed by atoms with Crippen molar-refractivity contribution in [3.63, 3.8) is 0 Å². The Kier molecular flexibility index (Phi) is 7.00. The van der Waals surface area contributed by atoms with E-state index in [-0.39, 0.29) is 17.7 Å². The highest BCUT2D eigenvalue weighted by Gasteiger charge is 2.30. The molecule has 2 N–H and O–H groups in total. The van der Waals surface area contributed by atoms with Crippen molar-refractivity contribution in [1.82, 2.24) is 5.32 Å². The van der Waals surface area contributed by atoms with Gasteiger partial charge in [0.05, 0.1) is 11.6 Å². The Bertz CT molecular complexity index is 654. The third-order valence-corrected chi connectivity index (χ3v) is 3.22. The van der Waals surface area contributed by atoms with Crippen LogP contribution in [0.4, 0.5) is 28.0 Å². The number of anilines is 1. The number of benzene rings is 1. The fourth-order valence-electron chi connectivity index (χ4n) is 2.15. The van der Waals surface area contributed by atoms with Gasteiger partial charge in [0, 0.05) is 0 Å². The van der Waals surface area contributed by atoms with Gasteiger partial charge < -0.3 is 10.1 Å². The maximum Gasteiger partial charge on any atom is 0.412 e. The van der Waals surface area contributed by atoms with Gasteiger partial charge in [0.2, 0.25) is 5.91 Å². The Labute approximate surface area is 149 Å². The van der Waals surface area contributed by atoms with Gasteiger partial charge in [0.25, 0.3) is 0 Å². The molecule has 9 heteroatoms. The minimum atomic E-state index is -4.53. The first-order valence-electron chi connectivity index (χ1n) is 7.96. The lowest BCUT2D eigenvalue weighted by Crippen LogP contribution is -2.36. The van der Waals surface area contributed by atoms with Gasteiger partial charge in [0.15, 0.2) is 0 Å². The second kappa shape index (κ2) is 8.37. The second-order valence-corrected chi connectivity index (χ2v) is 6.66. The fraction of sp³-hybridized carbons (Fsp3) is 0.529. The van der Waals surface area contributed by atoms with E-state index >= 15 is 0 Å². The van der Waals surface area contributed by atoms with Crippen LogP contribution >= 0.6 is 0 Å². The maximum absolute atomic E-state index is 14.2. The first-order chi connectivity index (χ1) is 11.8. The zero-order valence-electron chi connectivity index (χ0n) is 15.0. The molecule has 1 aromatic rings. The van der Waals surface area contributed by atoms with Crippen LogP contribution in [-0.2, 0) is 9.53 Å². The number of hydrogen-bond donors (Lipinski definition) is 2. The number of ether oxygens (including phenoxy) is 1. The number of rotatable bonds is 5. The third-order valence-electron chi connectivity index (χ3n) is 3.22. The van der Waals surface area contributed by atoms with Crippen LogP contribution < -0.4 is 10.6 Å². The number of carbonyl (C=O) groups is 2. The molecule has 1 unspecified atom stereocenters. The quantitative estimate of drug-likeness (QED) is 0.749. The van der Waals surface area contributed by atoms with E-state index in [4.69, 9.17) is 4.74 Å². The number of carbonyl (C=O) groups excluding carboxylic acids is 2. The molecule has 26 heavy (non-hydrogen) atoms. The SMILES string of the molecule is CCC(C(=O)NCC(F)(F)F)c1ccc(NC(=O)OC(C)(C)C)c(F)c1. The molecule has 0 heterocycles. The van der Waals surface area contributed by atoms with E-state index < -0.39 is 42.1 Å². The van der Waals surface area contributed by atoms with E-state index in [2.05, 4.69) is 5.32 Å². The van der Waals surface area contributed by atoms with Gasteiger partial charge in [-0.25, -0.2) is 9.18 Å². The summed E-state index contributed by atoms with van der Waals surface area (Å²) in [7, 11) is 0. The molecular weight excluding hydrogens is 356 g/mol. The lowest BCUT2D eigenvalue weighted by atomic mass is 9.95. The Hall–Kier alpha value is -2.32. The first kappa shape index (κ1) is 21.7. The topological polar surface area (TPSA) is 67.4 Å². The normalized spacial score (nSPS) is 13.1. The van der Waals surface area contributed by atoms with Gasteiger partial charge in [-0.15, -0.1) is 0 Å². The van der Waals surface area contributed by atoms with Crippen LogP contribution in [0.5, 0.6) is 0 Å². The minimum Gasteiger partial charge on any atom is -0.444 e. The standard InChI is InChI=1S/C17H22F4N2O3/c1-5-11(14(24)22-9-17(19,20)21)10-6-7-13(12(18)8-10)23-15(25)26-16(2,3)4/h6-8,11H,5,9H2,1-4H3,(H,22,24)(H,23,25). The van der Waals surface area contributed by atoms with Crippen LogP contribution in [0.1, 0.15) is 45.6 Å². The molecule has 2 amide bonds. The van der Waals surface area contributed by atoms with Gasteiger partial charge in [-0.1, -0.05) is 13.0 Å². The smallest absolute Gasteiger partial charge is 0.412 e. The van der Waals surface area contributed by atoms with Crippen molar-refractivity contribution in [2.24, 2.45) is 0 Å². The van der Waals surface area contributed by atoms with E-state index in [0.29, 0.717) is 0 Å². The summed E-state index contributed by atoms with van der Waals surface area (Å²) in [5.41, 5.74) is -0.711. The summed E-state index contributed by atoms with van der Waals surface area (Å²) in [6.07, 6.45) is -5.19. The molecular formula is C17H22F4N2O3. The molecule has 1 aromatic carbocycles. The van der Waals surface area contributed by atoms with Crippen molar-refractivity contribution in [3.05, 3.63) is 29.6 Å². The summed E-state index contributed by atoms with van der Waals surface area (Å²) in [4.78, 5) is 23.6. The fourth-order valence-corrected chi connectivity index (χ4v) is 2.15. The minimum absolute atomic E-state index is 0.159. The number of amides is 2. The van der Waals surface area contributed by atoms with Crippen molar-refractivity contribution in [1.29, 1.82) is 0 Å². The average Bonchev–Trinajstić information content (AvgIpc) is 2.46. The van der Waals surface area contributed by atoms with Crippen molar-refractivity contribution in [2.75, 3.05) is 11.9 Å². The molecule has 1 rings (SSSR count). The average molecular weight is 378 g/mol. The Morgan fingerprint density at radius 2 is 1.81 bits per heavy atom. The van der Waals surface area contributed by atoms with E-state index in [1.807, 2.05) is 0 Å². The van der Waals surface area contributed by atoms with Gasteiger partial charge in [0.1, 0.15) is 18.0 Å². The largest absolute Gasteiger partial charge is 0.444 e. The molecule has 0 fully saturated rings. The molecule has 146 valence electrons. The molecule has 0 radical (unpaired) electrons. The first-order valence-corrected chi connectivity index (χ1v) is 7.96. The number of nitrogens with one attached hydrogen (secondary N) is 2. The predicted octanol–water partition coefficient (Wildman–Crippen LogP) is 4.34. The molecule has 1 atom stereocenters. The lowest BCUT2D eigenvalue weighted by molar-refractivity contribution is -0.139. The van der Waals surface area contributed by atoms with Gasteiger partial charge in [-0.05, 0) is 44.9 Å². The van der Waals surface area contributed by atoms with Crippen LogP contribution in [0, 0.1) is 5.82 Å². The zero-order valence-corrected chi connectivity index (χ0v) is 15.0. The monoisotopic (exact) mass is 378 g/mol. The van der Waals surface area contributed by atoms with Crippen molar-refractivity contribution < 1.29 is 31.9 Å². The van der Waals surface area contributed by atoms with E-state index in [1.54, 1.807) is 33.0 Å². The van der Waals surface area contributed by atoms with Gasteiger partial charge in [-0.2, -0.15) is 13.2 Å². The molecule has 0 aromatic heterocycles. The van der Waals surface area contributed by atoms with E-state index in [0.717, 1.165) is 6.07 Å². The molecule has 5 nitrogen and oxygen atoms in total. The summed E-state index contributed by atoms with van der Waals surface area (Å²) in [5, 5.41) is 4.03. The van der Waals surface area contributed by atoms with E-state index in [9.17, 15) is 27.2 Å². The second-order valence-electron chi connectivity index (χ2n) is 6.66. The van der Waals surface area contributed by atoms with Gasteiger partial charge in [-0.3, -0.25) is 10.1 Å². The molecule has 0 bridgehead atoms. The number of alkyl halides is 3. The molecule has 0 spiro atoms. The third kappa shape index (κ3) is 7.28. The van der Waals surface area contributed by atoms with E-state index in [1.165, 1.54) is 12.1 Å². The van der Waals surface area contributed by atoms with Crippen molar-refractivity contribution in [3.8, 4) is 0 Å². The Morgan fingerprint density at radius 3 is 2.27 bits per heavy atom. The predicted molar refractivity (Wildman–Crippen MR) is 88.4 cm³/mol. The van der Waals surface area contributed by atoms with Crippen LogP contribution in [0.2, 0.25) is 0 Å². The van der Waals surface area contributed by atoms with Crippen LogP contribution in [0.25, 0.3) is 0 Å².